The van der Waals surface area contributed by atoms with E-state index in [1.807, 2.05) is 30.3 Å². The second-order valence-electron chi connectivity index (χ2n) is 3.43. The zero-order valence-electron chi connectivity index (χ0n) is 9.56. The molecule has 0 amide bonds. The molecular weight excluding hydrogens is 220 g/mol. The fraction of sp³-hybridized carbons (Fsp3) is 0.308. The average Bonchev–Trinajstić information content (AvgIpc) is 2.30. The molecule has 4 nitrogen and oxygen atoms in total. The van der Waals surface area contributed by atoms with E-state index >= 15 is 0 Å². The van der Waals surface area contributed by atoms with Gasteiger partial charge in [-0.15, -0.1) is 0 Å². The van der Waals surface area contributed by atoms with Gasteiger partial charge in [-0.3, -0.25) is 4.79 Å². The van der Waals surface area contributed by atoms with Gasteiger partial charge in [0.25, 0.3) is 0 Å². The third-order valence-corrected chi connectivity index (χ3v) is 1.94. The molecule has 0 aliphatic rings. The van der Waals surface area contributed by atoms with Crippen LogP contribution in [0, 0.1) is 6.92 Å². The van der Waals surface area contributed by atoms with Crippen LogP contribution in [-0.4, -0.2) is 18.5 Å². The second kappa shape index (κ2) is 7.57. The number of benzene rings is 1. The number of esters is 2. The van der Waals surface area contributed by atoms with Gasteiger partial charge in [0.05, 0.1) is 6.61 Å². The standard InChI is InChI=1S/C13H15O4/c1-2-6-12(14)17-13(15)10-16-9-11-7-4-3-5-8-11/h3-5,7-8H,1-2,6,9-10H2. The predicted molar refractivity (Wildman–Crippen MR) is 61.8 cm³/mol. The second-order valence-corrected chi connectivity index (χ2v) is 3.43. The summed E-state index contributed by atoms with van der Waals surface area (Å²) in [5.41, 5.74) is 0.962. The van der Waals surface area contributed by atoms with Crippen LogP contribution >= 0.6 is 0 Å². The maximum absolute atomic E-state index is 11.1. The summed E-state index contributed by atoms with van der Waals surface area (Å²) >= 11 is 0. The first-order valence-corrected chi connectivity index (χ1v) is 5.37. The molecule has 17 heavy (non-hydrogen) atoms. The first-order valence-electron chi connectivity index (χ1n) is 5.37. The predicted octanol–water partition coefficient (Wildman–Crippen LogP) is 1.89. The van der Waals surface area contributed by atoms with Crippen LogP contribution in [0.4, 0.5) is 0 Å². The molecule has 4 heteroatoms. The topological polar surface area (TPSA) is 52.6 Å². The Morgan fingerprint density at radius 2 is 1.82 bits per heavy atom. The highest BCUT2D eigenvalue weighted by molar-refractivity contribution is 5.86. The molecule has 0 saturated heterocycles. The van der Waals surface area contributed by atoms with Crippen LogP contribution in [0.1, 0.15) is 18.4 Å². The summed E-state index contributed by atoms with van der Waals surface area (Å²) in [7, 11) is 0. The molecule has 0 atom stereocenters. The van der Waals surface area contributed by atoms with Crippen LogP contribution in [0.15, 0.2) is 30.3 Å². The van der Waals surface area contributed by atoms with Gasteiger partial charge in [-0.2, -0.15) is 0 Å². The molecular formula is C13H15O4. The maximum Gasteiger partial charge on any atom is 0.339 e. The van der Waals surface area contributed by atoms with Crippen LogP contribution in [0.2, 0.25) is 0 Å². The molecule has 1 aromatic carbocycles. The third kappa shape index (κ3) is 5.82. The van der Waals surface area contributed by atoms with Crippen molar-refractivity contribution in [2.75, 3.05) is 6.61 Å². The summed E-state index contributed by atoms with van der Waals surface area (Å²) in [5, 5.41) is 0. The Bertz CT molecular complexity index is 359. The Balaban J connectivity index is 2.18. The van der Waals surface area contributed by atoms with Gasteiger partial charge < -0.3 is 9.47 Å². The number of ether oxygens (including phenoxy) is 2. The molecule has 0 fully saturated rings. The summed E-state index contributed by atoms with van der Waals surface area (Å²) in [4.78, 5) is 22.1. The summed E-state index contributed by atoms with van der Waals surface area (Å²) in [6, 6.07) is 9.44. The molecule has 0 saturated carbocycles. The minimum atomic E-state index is -0.667. The van der Waals surface area contributed by atoms with E-state index in [1.54, 1.807) is 0 Å². The lowest BCUT2D eigenvalue weighted by molar-refractivity contribution is -0.163. The van der Waals surface area contributed by atoms with Crippen molar-refractivity contribution < 1.29 is 19.1 Å². The molecule has 1 aromatic rings. The van der Waals surface area contributed by atoms with Crippen molar-refractivity contribution in [1.29, 1.82) is 0 Å². The highest BCUT2D eigenvalue weighted by Crippen LogP contribution is 2.00. The van der Waals surface area contributed by atoms with Gasteiger partial charge in [-0.25, -0.2) is 4.79 Å². The van der Waals surface area contributed by atoms with E-state index in [2.05, 4.69) is 11.7 Å². The normalized spacial score (nSPS) is 9.94. The summed E-state index contributed by atoms with van der Waals surface area (Å²) in [5.74, 6) is -1.23. The van der Waals surface area contributed by atoms with Crippen molar-refractivity contribution in [2.24, 2.45) is 0 Å². The van der Waals surface area contributed by atoms with E-state index in [4.69, 9.17) is 4.74 Å². The van der Waals surface area contributed by atoms with Gasteiger partial charge >= 0.3 is 11.9 Å². The highest BCUT2D eigenvalue weighted by Gasteiger charge is 2.09. The first-order chi connectivity index (χ1) is 8.22. The first kappa shape index (κ1) is 13.4. The molecule has 0 aliphatic heterocycles. The van der Waals surface area contributed by atoms with E-state index in [0.29, 0.717) is 13.0 Å². The Kier molecular flexibility index (Phi) is 5.96. The summed E-state index contributed by atoms with van der Waals surface area (Å²) in [6.45, 7) is 3.59. The van der Waals surface area contributed by atoms with Crippen molar-refractivity contribution in [2.45, 2.75) is 19.4 Å². The van der Waals surface area contributed by atoms with Gasteiger partial charge in [0, 0.05) is 6.42 Å². The van der Waals surface area contributed by atoms with Crippen LogP contribution in [0.5, 0.6) is 0 Å². The van der Waals surface area contributed by atoms with E-state index in [0.717, 1.165) is 5.56 Å². The third-order valence-electron chi connectivity index (χ3n) is 1.94. The molecule has 1 radical (unpaired) electrons. The van der Waals surface area contributed by atoms with Crippen molar-refractivity contribution in [3.63, 3.8) is 0 Å². The van der Waals surface area contributed by atoms with Crippen LogP contribution in [0.25, 0.3) is 0 Å². The number of rotatable bonds is 6. The van der Waals surface area contributed by atoms with E-state index in [-0.39, 0.29) is 13.0 Å². The molecule has 0 aliphatic carbocycles. The average molecular weight is 235 g/mol. The molecule has 0 unspecified atom stereocenters. The largest absolute Gasteiger partial charge is 0.391 e. The molecule has 0 spiro atoms. The zero-order chi connectivity index (χ0) is 12.5. The lowest BCUT2D eigenvalue weighted by Crippen LogP contribution is -2.17. The van der Waals surface area contributed by atoms with E-state index in [9.17, 15) is 9.59 Å². The summed E-state index contributed by atoms with van der Waals surface area (Å²) in [6.07, 6.45) is 0.557. The fourth-order valence-corrected chi connectivity index (χ4v) is 1.18. The highest BCUT2D eigenvalue weighted by atomic mass is 16.6. The molecule has 91 valence electrons. The quantitative estimate of drug-likeness (QED) is 0.558. The van der Waals surface area contributed by atoms with Gasteiger partial charge in [-0.1, -0.05) is 37.3 Å². The van der Waals surface area contributed by atoms with Gasteiger partial charge in [0.1, 0.15) is 6.61 Å². The fourth-order valence-electron chi connectivity index (χ4n) is 1.18. The SMILES string of the molecule is [CH2]CCC(=O)OC(=O)COCc1ccccc1. The summed E-state index contributed by atoms with van der Waals surface area (Å²) < 4.78 is 9.60. The number of carbonyl (C=O) groups excluding carboxylic acids is 2. The van der Waals surface area contributed by atoms with Crippen molar-refractivity contribution in [3.05, 3.63) is 42.8 Å². The minimum Gasteiger partial charge on any atom is -0.391 e. The van der Waals surface area contributed by atoms with E-state index < -0.39 is 11.9 Å². The van der Waals surface area contributed by atoms with Crippen LogP contribution < -0.4 is 0 Å². The molecule has 0 heterocycles. The number of carbonyl (C=O) groups is 2. The molecule has 0 aromatic heterocycles. The zero-order valence-corrected chi connectivity index (χ0v) is 9.56. The Hall–Kier alpha value is -1.68. The monoisotopic (exact) mass is 235 g/mol. The van der Waals surface area contributed by atoms with Crippen molar-refractivity contribution in [1.82, 2.24) is 0 Å². The minimum absolute atomic E-state index is 0.143. The Morgan fingerprint density at radius 1 is 1.12 bits per heavy atom. The van der Waals surface area contributed by atoms with E-state index in [1.165, 1.54) is 0 Å². The van der Waals surface area contributed by atoms with Crippen molar-refractivity contribution >= 4 is 11.9 Å². The maximum atomic E-state index is 11.1. The lowest BCUT2D eigenvalue weighted by Gasteiger charge is -2.04. The van der Waals surface area contributed by atoms with Gasteiger partial charge in [0.15, 0.2) is 0 Å². The smallest absolute Gasteiger partial charge is 0.339 e. The van der Waals surface area contributed by atoms with Crippen molar-refractivity contribution in [3.8, 4) is 0 Å². The van der Waals surface area contributed by atoms with Gasteiger partial charge in [0.2, 0.25) is 0 Å². The number of hydrogen-bond acceptors (Lipinski definition) is 4. The molecule has 0 N–H and O–H groups in total. The van der Waals surface area contributed by atoms with Gasteiger partial charge in [-0.05, 0) is 12.0 Å². The molecule has 1 rings (SSSR count). The number of hydrogen-bond donors (Lipinski definition) is 0. The van der Waals surface area contributed by atoms with Crippen LogP contribution in [-0.2, 0) is 25.7 Å². The van der Waals surface area contributed by atoms with Crippen LogP contribution in [0.3, 0.4) is 0 Å². The molecule has 0 bridgehead atoms. The Morgan fingerprint density at radius 3 is 2.47 bits per heavy atom. The Labute approximate surface area is 101 Å². The lowest BCUT2D eigenvalue weighted by atomic mass is 10.2.